The summed E-state index contributed by atoms with van der Waals surface area (Å²) in [6.45, 7) is 4.02. The maximum absolute atomic E-state index is 12.5. The number of carbonyl (C=O) groups is 1. The molecular weight excluding hydrogens is 280 g/mol. The molecule has 2 saturated heterocycles. The van der Waals surface area contributed by atoms with Crippen molar-refractivity contribution >= 4 is 5.91 Å². The van der Waals surface area contributed by atoms with E-state index in [2.05, 4.69) is 16.5 Å². The first-order chi connectivity index (χ1) is 10.8. The largest absolute Gasteiger partial charge is 0.381 e. The van der Waals surface area contributed by atoms with Gasteiger partial charge in [-0.1, -0.05) is 0 Å². The van der Waals surface area contributed by atoms with Crippen LogP contribution in [0.1, 0.15) is 37.3 Å². The van der Waals surface area contributed by atoms with Gasteiger partial charge in [0.25, 0.3) is 0 Å². The van der Waals surface area contributed by atoms with Crippen molar-refractivity contribution in [3.63, 3.8) is 0 Å². The quantitative estimate of drug-likeness (QED) is 0.901. The van der Waals surface area contributed by atoms with Crippen LogP contribution >= 0.6 is 0 Å². The molecule has 1 N–H and O–H groups in total. The van der Waals surface area contributed by atoms with E-state index in [1.165, 1.54) is 18.5 Å². The highest BCUT2D eigenvalue weighted by molar-refractivity contribution is 5.76. The minimum Gasteiger partial charge on any atom is -0.381 e. The van der Waals surface area contributed by atoms with Gasteiger partial charge in [-0.3, -0.25) is 9.48 Å². The van der Waals surface area contributed by atoms with Crippen molar-refractivity contribution in [1.29, 1.82) is 0 Å². The van der Waals surface area contributed by atoms with Crippen LogP contribution in [0.2, 0.25) is 0 Å². The number of nitrogens with zero attached hydrogens (tertiary/aromatic N) is 3. The highest BCUT2D eigenvalue weighted by Gasteiger charge is 2.24. The number of amides is 1. The summed E-state index contributed by atoms with van der Waals surface area (Å²) in [5.74, 6) is 0.645. The molecule has 22 heavy (non-hydrogen) atoms. The summed E-state index contributed by atoms with van der Waals surface area (Å²) < 4.78 is 7.25. The monoisotopic (exact) mass is 306 g/mol. The molecule has 1 atom stereocenters. The highest BCUT2D eigenvalue weighted by Crippen LogP contribution is 2.23. The number of carbonyl (C=O) groups excluding carboxylic acids is 1. The number of hydrogen-bond acceptors (Lipinski definition) is 4. The SMILES string of the molecule is COC1CCN(C(=O)Cn2nccc2C2CCCNC2)CC1. The number of likely N-dealkylation sites (tertiary alicyclic amines) is 1. The number of aromatic nitrogens is 2. The fraction of sp³-hybridized carbons (Fsp3) is 0.750. The predicted molar refractivity (Wildman–Crippen MR) is 83.7 cm³/mol. The summed E-state index contributed by atoms with van der Waals surface area (Å²) in [5.41, 5.74) is 1.19. The molecule has 0 saturated carbocycles. The fourth-order valence-corrected chi connectivity index (χ4v) is 3.50. The van der Waals surface area contributed by atoms with Crippen LogP contribution in [0.15, 0.2) is 12.3 Å². The van der Waals surface area contributed by atoms with Crippen molar-refractivity contribution in [3.05, 3.63) is 18.0 Å². The molecule has 0 bridgehead atoms. The maximum Gasteiger partial charge on any atom is 0.244 e. The Morgan fingerprint density at radius 2 is 2.23 bits per heavy atom. The molecule has 2 aliphatic rings. The van der Waals surface area contributed by atoms with Gasteiger partial charge < -0.3 is 15.0 Å². The van der Waals surface area contributed by atoms with E-state index < -0.39 is 0 Å². The van der Waals surface area contributed by atoms with Crippen molar-refractivity contribution in [1.82, 2.24) is 20.0 Å². The van der Waals surface area contributed by atoms with Gasteiger partial charge in [0.1, 0.15) is 6.54 Å². The fourth-order valence-electron chi connectivity index (χ4n) is 3.50. The topological polar surface area (TPSA) is 59.4 Å². The Bertz CT molecular complexity index is 488. The van der Waals surface area contributed by atoms with Gasteiger partial charge in [0.2, 0.25) is 5.91 Å². The van der Waals surface area contributed by atoms with Crippen molar-refractivity contribution in [2.75, 3.05) is 33.3 Å². The molecule has 0 radical (unpaired) electrons. The number of piperidine rings is 2. The van der Waals surface area contributed by atoms with Gasteiger partial charge in [-0.05, 0) is 38.3 Å². The molecule has 0 spiro atoms. The summed E-state index contributed by atoms with van der Waals surface area (Å²) in [5, 5.41) is 7.80. The minimum atomic E-state index is 0.170. The summed E-state index contributed by atoms with van der Waals surface area (Å²) in [4.78, 5) is 14.4. The number of hydrogen-bond donors (Lipinski definition) is 1. The van der Waals surface area contributed by atoms with Gasteiger partial charge in [0.15, 0.2) is 0 Å². The van der Waals surface area contributed by atoms with Gasteiger partial charge in [0.05, 0.1) is 6.10 Å². The lowest BCUT2D eigenvalue weighted by atomic mass is 9.96. The van der Waals surface area contributed by atoms with Crippen molar-refractivity contribution in [2.24, 2.45) is 0 Å². The molecule has 1 aromatic heterocycles. The van der Waals surface area contributed by atoms with E-state index in [0.717, 1.165) is 39.0 Å². The van der Waals surface area contributed by atoms with Crippen molar-refractivity contribution in [3.8, 4) is 0 Å². The second kappa shape index (κ2) is 7.24. The Morgan fingerprint density at radius 1 is 1.41 bits per heavy atom. The van der Waals surface area contributed by atoms with Gasteiger partial charge in [-0.2, -0.15) is 5.10 Å². The van der Waals surface area contributed by atoms with E-state index in [1.807, 2.05) is 15.8 Å². The van der Waals surface area contributed by atoms with Crippen LogP contribution in [-0.4, -0.2) is 60.0 Å². The summed E-state index contributed by atoms with van der Waals surface area (Å²) >= 11 is 0. The Balaban J connectivity index is 1.59. The number of methoxy groups -OCH3 is 1. The first-order valence-electron chi connectivity index (χ1n) is 8.31. The van der Waals surface area contributed by atoms with E-state index in [4.69, 9.17) is 4.74 Å². The first-order valence-corrected chi connectivity index (χ1v) is 8.31. The molecule has 2 aliphatic heterocycles. The van der Waals surface area contributed by atoms with Crippen LogP contribution < -0.4 is 5.32 Å². The minimum absolute atomic E-state index is 0.170. The standard InChI is InChI=1S/C16H26N4O2/c1-22-14-5-9-19(10-6-14)16(21)12-20-15(4-8-18-20)13-3-2-7-17-11-13/h4,8,13-14,17H,2-3,5-7,9-12H2,1H3. The lowest BCUT2D eigenvalue weighted by Gasteiger charge is -2.31. The summed E-state index contributed by atoms with van der Waals surface area (Å²) in [6, 6.07) is 2.06. The third kappa shape index (κ3) is 3.50. The average molecular weight is 306 g/mol. The summed E-state index contributed by atoms with van der Waals surface area (Å²) in [6.07, 6.45) is 6.34. The van der Waals surface area contributed by atoms with Crippen LogP contribution in [0.4, 0.5) is 0 Å². The predicted octanol–water partition coefficient (Wildman–Crippen LogP) is 0.987. The van der Waals surface area contributed by atoms with E-state index in [9.17, 15) is 4.79 Å². The number of nitrogens with one attached hydrogen (secondary N) is 1. The lowest BCUT2D eigenvalue weighted by Crippen LogP contribution is -2.42. The third-order valence-electron chi connectivity index (χ3n) is 4.88. The normalized spacial score (nSPS) is 23.7. The van der Waals surface area contributed by atoms with Gasteiger partial charge in [-0.15, -0.1) is 0 Å². The van der Waals surface area contributed by atoms with E-state index in [0.29, 0.717) is 18.6 Å². The number of ether oxygens (including phenoxy) is 1. The van der Waals surface area contributed by atoms with Crippen LogP contribution in [0.3, 0.4) is 0 Å². The first kappa shape index (κ1) is 15.5. The molecule has 6 heteroatoms. The second-order valence-corrected chi connectivity index (χ2v) is 6.27. The Hall–Kier alpha value is -1.40. The van der Waals surface area contributed by atoms with Crippen LogP contribution in [0.25, 0.3) is 0 Å². The van der Waals surface area contributed by atoms with Crippen LogP contribution in [-0.2, 0) is 16.1 Å². The second-order valence-electron chi connectivity index (χ2n) is 6.27. The van der Waals surface area contributed by atoms with Gasteiger partial charge in [-0.25, -0.2) is 0 Å². The Labute approximate surface area is 131 Å². The Morgan fingerprint density at radius 3 is 2.91 bits per heavy atom. The average Bonchev–Trinajstić information content (AvgIpc) is 3.04. The molecule has 122 valence electrons. The molecule has 6 nitrogen and oxygen atoms in total. The molecule has 3 heterocycles. The van der Waals surface area contributed by atoms with Crippen LogP contribution in [0, 0.1) is 0 Å². The summed E-state index contributed by atoms with van der Waals surface area (Å²) in [7, 11) is 1.75. The third-order valence-corrected chi connectivity index (χ3v) is 4.88. The van der Waals surface area contributed by atoms with E-state index in [1.54, 1.807) is 7.11 Å². The molecular formula is C16H26N4O2. The molecule has 0 aliphatic carbocycles. The highest BCUT2D eigenvalue weighted by atomic mass is 16.5. The van der Waals surface area contributed by atoms with Gasteiger partial charge in [0, 0.05) is 44.6 Å². The van der Waals surface area contributed by atoms with E-state index >= 15 is 0 Å². The Kier molecular flexibility index (Phi) is 5.10. The van der Waals surface area contributed by atoms with Crippen LogP contribution in [0.5, 0.6) is 0 Å². The zero-order chi connectivity index (χ0) is 15.4. The number of rotatable bonds is 4. The molecule has 0 aromatic carbocycles. The molecule has 2 fully saturated rings. The molecule has 3 rings (SSSR count). The smallest absolute Gasteiger partial charge is 0.244 e. The molecule has 1 aromatic rings. The zero-order valence-corrected chi connectivity index (χ0v) is 13.3. The van der Waals surface area contributed by atoms with E-state index in [-0.39, 0.29) is 5.91 Å². The molecule has 1 unspecified atom stereocenters. The van der Waals surface area contributed by atoms with Gasteiger partial charge >= 0.3 is 0 Å². The maximum atomic E-state index is 12.5. The molecule has 1 amide bonds. The van der Waals surface area contributed by atoms with Crippen molar-refractivity contribution in [2.45, 2.75) is 44.2 Å². The zero-order valence-electron chi connectivity index (χ0n) is 13.3. The lowest BCUT2D eigenvalue weighted by molar-refractivity contribution is -0.134. The van der Waals surface area contributed by atoms with Crippen molar-refractivity contribution < 1.29 is 9.53 Å².